The summed E-state index contributed by atoms with van der Waals surface area (Å²) in [6.45, 7) is 7.16. The quantitative estimate of drug-likeness (QED) is 0.672. The predicted molar refractivity (Wildman–Crippen MR) is 112 cm³/mol. The van der Waals surface area contributed by atoms with Crippen LogP contribution in [0.25, 0.3) is 0 Å². The van der Waals surface area contributed by atoms with Crippen molar-refractivity contribution < 1.29 is 17.9 Å². The number of nitrogens with one attached hydrogen (secondary N) is 2. The van der Waals surface area contributed by atoms with E-state index in [9.17, 15) is 13.2 Å². The SMILES string of the molecule is CCc1cccc(C)c1NC(=O)COc1ccc(S(=O)(=O)NC(C)C)cc1Cl. The van der Waals surface area contributed by atoms with Crippen molar-refractivity contribution in [2.24, 2.45) is 0 Å². The summed E-state index contributed by atoms with van der Waals surface area (Å²) in [6, 6.07) is 9.73. The minimum absolute atomic E-state index is 0.0375. The number of carbonyl (C=O) groups excluding carboxylic acids is 1. The second kappa shape index (κ2) is 9.41. The van der Waals surface area contributed by atoms with Crippen LogP contribution in [0.4, 0.5) is 5.69 Å². The van der Waals surface area contributed by atoms with Gasteiger partial charge in [0, 0.05) is 11.7 Å². The summed E-state index contributed by atoms with van der Waals surface area (Å²) in [6.07, 6.45) is 0.796. The first kappa shape index (κ1) is 22.2. The topological polar surface area (TPSA) is 84.5 Å². The van der Waals surface area contributed by atoms with E-state index in [1.807, 2.05) is 32.0 Å². The number of benzene rings is 2. The molecule has 0 aliphatic rings. The lowest BCUT2D eigenvalue weighted by Crippen LogP contribution is -2.30. The first-order valence-corrected chi connectivity index (χ1v) is 10.8. The zero-order valence-electron chi connectivity index (χ0n) is 16.4. The minimum Gasteiger partial charge on any atom is -0.482 e. The van der Waals surface area contributed by atoms with Crippen molar-refractivity contribution >= 4 is 33.2 Å². The van der Waals surface area contributed by atoms with E-state index in [0.717, 1.165) is 23.2 Å². The molecule has 152 valence electrons. The van der Waals surface area contributed by atoms with Crippen LogP contribution in [0.2, 0.25) is 5.02 Å². The summed E-state index contributed by atoms with van der Waals surface area (Å²) >= 11 is 6.14. The van der Waals surface area contributed by atoms with Gasteiger partial charge in [-0.25, -0.2) is 13.1 Å². The van der Waals surface area contributed by atoms with Crippen molar-refractivity contribution in [2.45, 2.75) is 45.1 Å². The average molecular weight is 425 g/mol. The molecule has 2 aromatic carbocycles. The molecule has 0 fully saturated rings. The summed E-state index contributed by atoms with van der Waals surface area (Å²) < 4.78 is 32.3. The monoisotopic (exact) mass is 424 g/mol. The van der Waals surface area contributed by atoms with E-state index in [2.05, 4.69) is 10.0 Å². The Hall–Kier alpha value is -2.09. The molecule has 2 N–H and O–H groups in total. The highest BCUT2D eigenvalue weighted by Gasteiger charge is 2.18. The Bertz CT molecular complexity index is 959. The van der Waals surface area contributed by atoms with Gasteiger partial charge in [-0.15, -0.1) is 0 Å². The molecule has 6 nitrogen and oxygen atoms in total. The molecule has 0 radical (unpaired) electrons. The third-order valence-corrected chi connectivity index (χ3v) is 5.92. The van der Waals surface area contributed by atoms with Gasteiger partial charge in [0.15, 0.2) is 6.61 Å². The molecule has 0 saturated heterocycles. The van der Waals surface area contributed by atoms with Gasteiger partial charge < -0.3 is 10.1 Å². The van der Waals surface area contributed by atoms with Crippen LogP contribution in [0.5, 0.6) is 5.75 Å². The molecule has 8 heteroatoms. The fraction of sp³-hybridized carbons (Fsp3) is 0.350. The largest absolute Gasteiger partial charge is 0.482 e. The zero-order chi connectivity index (χ0) is 20.9. The molecule has 0 aliphatic heterocycles. The van der Waals surface area contributed by atoms with Gasteiger partial charge >= 0.3 is 0 Å². The molecule has 2 rings (SSSR count). The van der Waals surface area contributed by atoms with Gasteiger partial charge in [0.05, 0.1) is 9.92 Å². The molecule has 0 saturated carbocycles. The van der Waals surface area contributed by atoms with Crippen LogP contribution in [0.15, 0.2) is 41.3 Å². The smallest absolute Gasteiger partial charge is 0.262 e. The van der Waals surface area contributed by atoms with Gasteiger partial charge in [0.2, 0.25) is 10.0 Å². The molecule has 0 unspecified atom stereocenters. The molecule has 0 aromatic heterocycles. The number of rotatable bonds is 8. The summed E-state index contributed by atoms with van der Waals surface area (Å²) in [7, 11) is -3.65. The number of halogens is 1. The van der Waals surface area contributed by atoms with E-state index in [0.29, 0.717) is 0 Å². The van der Waals surface area contributed by atoms with E-state index in [-0.39, 0.29) is 34.2 Å². The van der Waals surface area contributed by atoms with Crippen LogP contribution >= 0.6 is 11.6 Å². The van der Waals surface area contributed by atoms with Gasteiger partial charge in [0.25, 0.3) is 5.91 Å². The summed E-state index contributed by atoms with van der Waals surface area (Å²) in [5, 5.41) is 2.98. The first-order valence-electron chi connectivity index (χ1n) is 8.97. The maximum absolute atomic E-state index is 12.3. The van der Waals surface area contributed by atoms with Crippen LogP contribution in [0.3, 0.4) is 0 Å². The Morgan fingerprint density at radius 2 is 1.93 bits per heavy atom. The Morgan fingerprint density at radius 3 is 2.54 bits per heavy atom. The molecule has 0 aliphatic carbocycles. The number of amides is 1. The fourth-order valence-electron chi connectivity index (χ4n) is 2.66. The van der Waals surface area contributed by atoms with Crippen LogP contribution in [-0.2, 0) is 21.2 Å². The second-order valence-electron chi connectivity index (χ2n) is 6.67. The molecular formula is C20H25ClN2O4S. The molecule has 2 aromatic rings. The molecule has 28 heavy (non-hydrogen) atoms. The maximum atomic E-state index is 12.3. The highest BCUT2D eigenvalue weighted by atomic mass is 35.5. The number of aryl methyl sites for hydroxylation is 2. The lowest BCUT2D eigenvalue weighted by atomic mass is 10.1. The molecule has 1 amide bonds. The van der Waals surface area contributed by atoms with Gasteiger partial charge in [-0.05, 0) is 56.5 Å². The number of ether oxygens (including phenoxy) is 1. The van der Waals surface area contributed by atoms with E-state index in [1.54, 1.807) is 13.8 Å². The normalized spacial score (nSPS) is 11.5. The van der Waals surface area contributed by atoms with Crippen molar-refractivity contribution in [3.8, 4) is 5.75 Å². The number of para-hydroxylation sites is 1. The molecule has 0 atom stereocenters. The van der Waals surface area contributed by atoms with Gasteiger partial charge in [-0.3, -0.25) is 4.79 Å². The van der Waals surface area contributed by atoms with Gasteiger partial charge in [-0.1, -0.05) is 36.7 Å². The third-order valence-electron chi connectivity index (χ3n) is 3.97. The summed E-state index contributed by atoms with van der Waals surface area (Å²) in [5.74, 6) is -0.0842. The van der Waals surface area contributed by atoms with Crippen molar-refractivity contribution in [1.82, 2.24) is 4.72 Å². The summed E-state index contributed by atoms with van der Waals surface area (Å²) in [4.78, 5) is 12.3. The number of anilines is 1. The second-order valence-corrected chi connectivity index (χ2v) is 8.79. The predicted octanol–water partition coefficient (Wildman–Crippen LogP) is 3.92. The Labute approximate surface area is 171 Å². The Kier molecular flexibility index (Phi) is 7.46. The lowest BCUT2D eigenvalue weighted by Gasteiger charge is -2.14. The number of hydrogen-bond acceptors (Lipinski definition) is 4. The molecular weight excluding hydrogens is 400 g/mol. The van der Waals surface area contributed by atoms with Crippen molar-refractivity contribution in [3.63, 3.8) is 0 Å². The van der Waals surface area contributed by atoms with Crippen molar-refractivity contribution in [3.05, 3.63) is 52.5 Å². The maximum Gasteiger partial charge on any atom is 0.262 e. The van der Waals surface area contributed by atoms with Gasteiger partial charge in [0.1, 0.15) is 5.75 Å². The minimum atomic E-state index is -3.65. The fourth-order valence-corrected chi connectivity index (χ4v) is 4.24. The van der Waals surface area contributed by atoms with E-state index >= 15 is 0 Å². The Balaban J connectivity index is 2.06. The number of carbonyl (C=O) groups is 1. The highest BCUT2D eigenvalue weighted by molar-refractivity contribution is 7.89. The first-order chi connectivity index (χ1) is 13.1. The number of sulfonamides is 1. The number of hydrogen-bond donors (Lipinski definition) is 2. The van der Waals surface area contributed by atoms with Crippen molar-refractivity contribution in [2.75, 3.05) is 11.9 Å². The van der Waals surface area contributed by atoms with E-state index in [1.165, 1.54) is 18.2 Å². The third kappa shape index (κ3) is 5.70. The average Bonchev–Trinajstić information content (AvgIpc) is 2.61. The molecule has 0 heterocycles. The molecule has 0 bridgehead atoms. The van der Waals surface area contributed by atoms with Crippen molar-refractivity contribution in [1.29, 1.82) is 0 Å². The zero-order valence-corrected chi connectivity index (χ0v) is 17.9. The van der Waals surface area contributed by atoms with E-state index in [4.69, 9.17) is 16.3 Å². The van der Waals surface area contributed by atoms with Crippen LogP contribution in [-0.4, -0.2) is 27.0 Å². The molecule has 0 spiro atoms. The van der Waals surface area contributed by atoms with E-state index < -0.39 is 10.0 Å². The van der Waals surface area contributed by atoms with Crippen LogP contribution in [0, 0.1) is 6.92 Å². The summed E-state index contributed by atoms with van der Waals surface area (Å²) in [5.41, 5.74) is 2.79. The van der Waals surface area contributed by atoms with Crippen LogP contribution < -0.4 is 14.8 Å². The van der Waals surface area contributed by atoms with Crippen LogP contribution in [0.1, 0.15) is 31.9 Å². The highest BCUT2D eigenvalue weighted by Crippen LogP contribution is 2.27. The van der Waals surface area contributed by atoms with Gasteiger partial charge in [-0.2, -0.15) is 0 Å². The Morgan fingerprint density at radius 1 is 1.21 bits per heavy atom. The standard InChI is InChI=1S/C20H25ClN2O4S/c1-5-15-8-6-7-14(4)20(15)22-19(24)12-27-18-10-9-16(11-17(18)21)28(25,26)23-13(2)3/h6-11,13,23H,5,12H2,1-4H3,(H,22,24). The lowest BCUT2D eigenvalue weighted by molar-refractivity contribution is -0.118.